The normalized spacial score (nSPS) is 4.50. The summed E-state index contributed by atoms with van der Waals surface area (Å²) in [5.41, 5.74) is 0. The van der Waals surface area contributed by atoms with E-state index in [1.54, 1.807) is 0 Å². The number of rotatable bonds is 0. The predicted octanol–water partition coefficient (Wildman–Crippen LogP) is -3.82. The molecule has 0 N–H and O–H groups in total. The number of hydrogen-bond acceptors (Lipinski definition) is 1. The van der Waals surface area contributed by atoms with Gasteiger partial charge in [-0.1, -0.05) is 6.92 Å². The monoisotopic (exact) mass is 67.0 g/mol. The molecule has 0 rings (SSSR count). The molecule has 0 amide bonds. The zero-order valence-electron chi connectivity index (χ0n) is 2.82. The van der Waals surface area contributed by atoms with Gasteiger partial charge in [0.2, 0.25) is 0 Å². The maximum Gasteiger partial charge on any atom is 1.00 e. The Bertz CT molecular complexity index is 6.00. The van der Waals surface area contributed by atoms with E-state index in [-0.39, 0.29) is 36.2 Å². The van der Waals surface area contributed by atoms with Crippen LogP contribution in [0.5, 0.6) is 0 Å². The second kappa shape index (κ2) is 9.03. The third-order valence-corrected chi connectivity index (χ3v) is 0. The van der Waals surface area contributed by atoms with Crippen molar-refractivity contribution in [2.75, 3.05) is 6.61 Å². The van der Waals surface area contributed by atoms with Crippen LogP contribution in [0.3, 0.4) is 0 Å². The van der Waals surface area contributed by atoms with Gasteiger partial charge in [0, 0.05) is 0 Å². The first-order valence-electron chi connectivity index (χ1n) is 0.789. The van der Waals surface area contributed by atoms with Gasteiger partial charge in [0.15, 0.2) is 0 Å². The van der Waals surface area contributed by atoms with Crippen LogP contribution in [0.25, 0.3) is 0 Å². The van der Waals surface area contributed by atoms with E-state index in [1.165, 1.54) is 0 Å². The smallest absolute Gasteiger partial charge is 0.854 e. The van der Waals surface area contributed by atoms with Gasteiger partial charge in [-0.2, -0.15) is 0 Å². The molecule has 0 spiro atoms. The average molecular weight is 67.0 g/mol. The van der Waals surface area contributed by atoms with E-state index < -0.39 is 0 Å². The Hall–Kier alpha value is 0.960. The molecular formula is C2H4NaO. The van der Waals surface area contributed by atoms with E-state index in [2.05, 4.69) is 6.92 Å². The summed E-state index contributed by atoms with van der Waals surface area (Å²) in [6.45, 7) is 2.68. The molecular weight excluding hydrogens is 63.0 g/mol. The maximum absolute atomic E-state index is 8.82. The molecule has 0 aromatic rings. The first-order chi connectivity index (χ1) is 1.41. The van der Waals surface area contributed by atoms with Crippen molar-refractivity contribution in [2.45, 2.75) is 0 Å². The minimum Gasteiger partial charge on any atom is -0.854 e. The standard InChI is InChI=1S/C2H4O.Na/c1-2-3;/h1-2H2;/q-1;+1. The van der Waals surface area contributed by atoms with E-state index in [1.807, 2.05) is 0 Å². The molecule has 0 aliphatic carbocycles. The summed E-state index contributed by atoms with van der Waals surface area (Å²) >= 11 is 0. The summed E-state index contributed by atoms with van der Waals surface area (Å²) in [7, 11) is 0. The Morgan fingerprint density at radius 3 is 1.75 bits per heavy atom. The topological polar surface area (TPSA) is 23.1 Å². The van der Waals surface area contributed by atoms with Gasteiger partial charge in [-0.05, 0) is 0 Å². The zero-order valence-corrected chi connectivity index (χ0v) is 4.82. The Kier molecular flexibility index (Phi) is 20.0. The average Bonchev–Trinajstić information content (AvgIpc) is 0.918. The molecule has 2 heteroatoms. The summed E-state index contributed by atoms with van der Waals surface area (Å²) in [6.07, 6.45) is 0. The second-order valence-electron chi connectivity index (χ2n) is 0.204. The van der Waals surface area contributed by atoms with Crippen LogP contribution in [0.15, 0.2) is 0 Å². The predicted molar refractivity (Wildman–Crippen MR) is 10.2 cm³/mol. The molecule has 0 unspecified atom stereocenters. The van der Waals surface area contributed by atoms with Gasteiger partial charge in [-0.15, -0.1) is 6.61 Å². The van der Waals surface area contributed by atoms with Gasteiger partial charge in [-0.3, -0.25) is 0 Å². The third kappa shape index (κ3) is 12.3. The summed E-state index contributed by atoms with van der Waals surface area (Å²) in [5.74, 6) is 0. The van der Waals surface area contributed by atoms with E-state index in [0.29, 0.717) is 0 Å². The molecule has 0 atom stereocenters. The zero-order chi connectivity index (χ0) is 2.71. The molecule has 0 aromatic carbocycles. The van der Waals surface area contributed by atoms with Crippen molar-refractivity contribution in [2.24, 2.45) is 0 Å². The summed E-state index contributed by atoms with van der Waals surface area (Å²) in [5, 5.41) is 8.82. The fourth-order valence-corrected chi connectivity index (χ4v) is 0. The van der Waals surface area contributed by atoms with E-state index >= 15 is 0 Å². The minimum atomic E-state index is -0.250. The molecule has 0 saturated carbocycles. The molecule has 0 aliphatic heterocycles. The largest absolute Gasteiger partial charge is 1.00 e. The molecule has 0 aromatic heterocycles. The Labute approximate surface area is 48.3 Å². The minimum absolute atomic E-state index is 0. The summed E-state index contributed by atoms with van der Waals surface area (Å²) in [4.78, 5) is 0. The van der Waals surface area contributed by atoms with Crippen molar-refractivity contribution < 1.29 is 34.7 Å². The van der Waals surface area contributed by atoms with Gasteiger partial charge in [0.05, 0.1) is 0 Å². The van der Waals surface area contributed by atoms with Gasteiger partial charge < -0.3 is 5.11 Å². The quantitative estimate of drug-likeness (QED) is 0.266. The first-order valence-corrected chi connectivity index (χ1v) is 0.789. The first kappa shape index (κ1) is 8.88. The van der Waals surface area contributed by atoms with Gasteiger partial charge in [-0.25, -0.2) is 0 Å². The molecule has 0 fully saturated rings. The fraction of sp³-hybridized carbons (Fsp3) is 0.500. The third-order valence-electron chi connectivity index (χ3n) is 0. The molecule has 0 bridgehead atoms. The van der Waals surface area contributed by atoms with Gasteiger partial charge >= 0.3 is 29.6 Å². The van der Waals surface area contributed by atoms with E-state index in [0.717, 1.165) is 0 Å². The van der Waals surface area contributed by atoms with Crippen molar-refractivity contribution in [3.63, 3.8) is 0 Å². The van der Waals surface area contributed by atoms with Crippen LogP contribution in [0, 0.1) is 6.92 Å². The van der Waals surface area contributed by atoms with Gasteiger partial charge in [0.25, 0.3) is 0 Å². The van der Waals surface area contributed by atoms with Crippen LogP contribution in [-0.2, 0) is 0 Å². The van der Waals surface area contributed by atoms with Crippen LogP contribution in [0.1, 0.15) is 0 Å². The SMILES string of the molecule is [CH2]C[O-].[Na+]. The van der Waals surface area contributed by atoms with E-state index in [4.69, 9.17) is 5.11 Å². The summed E-state index contributed by atoms with van der Waals surface area (Å²) in [6, 6.07) is 0. The Balaban J connectivity index is 0. The summed E-state index contributed by atoms with van der Waals surface area (Å²) < 4.78 is 0. The van der Waals surface area contributed by atoms with E-state index in [9.17, 15) is 0 Å². The van der Waals surface area contributed by atoms with Crippen LogP contribution in [0.4, 0.5) is 0 Å². The van der Waals surface area contributed by atoms with Gasteiger partial charge in [0.1, 0.15) is 0 Å². The van der Waals surface area contributed by atoms with Crippen molar-refractivity contribution in [1.29, 1.82) is 0 Å². The van der Waals surface area contributed by atoms with Crippen LogP contribution in [-0.4, -0.2) is 6.61 Å². The molecule has 0 saturated heterocycles. The second-order valence-corrected chi connectivity index (χ2v) is 0.204. The number of hydrogen-bond donors (Lipinski definition) is 0. The van der Waals surface area contributed by atoms with Crippen molar-refractivity contribution >= 4 is 0 Å². The fourth-order valence-electron chi connectivity index (χ4n) is 0. The molecule has 19 valence electrons. The maximum atomic E-state index is 8.82. The van der Waals surface area contributed by atoms with Crippen LogP contribution in [0.2, 0.25) is 0 Å². The molecule has 4 heavy (non-hydrogen) atoms. The van der Waals surface area contributed by atoms with Crippen LogP contribution >= 0.6 is 0 Å². The molecule has 1 nitrogen and oxygen atoms in total. The Morgan fingerprint density at radius 1 is 1.75 bits per heavy atom. The van der Waals surface area contributed by atoms with Crippen molar-refractivity contribution in [3.8, 4) is 0 Å². The molecule has 0 heterocycles. The molecule has 0 aliphatic rings. The van der Waals surface area contributed by atoms with Crippen molar-refractivity contribution in [3.05, 3.63) is 6.92 Å². The van der Waals surface area contributed by atoms with Crippen molar-refractivity contribution in [1.82, 2.24) is 0 Å². The Morgan fingerprint density at radius 2 is 1.75 bits per heavy atom. The molecule has 1 radical (unpaired) electrons. The van der Waals surface area contributed by atoms with Crippen LogP contribution < -0.4 is 34.7 Å².